The molecule has 0 atom stereocenters. The van der Waals surface area contributed by atoms with Crippen LogP contribution in [0.1, 0.15) is 10.4 Å². The lowest BCUT2D eigenvalue weighted by molar-refractivity contribution is -0.135. The van der Waals surface area contributed by atoms with Gasteiger partial charge in [0.25, 0.3) is 5.91 Å². The third-order valence-corrected chi connectivity index (χ3v) is 7.37. The highest BCUT2D eigenvalue weighted by Gasteiger charge is 2.30. The van der Waals surface area contributed by atoms with Crippen molar-refractivity contribution in [2.75, 3.05) is 52.5 Å². The number of nitriles is 1. The number of carbonyl (C=O) groups is 2. The Bertz CT molecular complexity index is 1600. The summed E-state index contributed by atoms with van der Waals surface area (Å²) in [5.74, 6) is -0.804. The van der Waals surface area contributed by atoms with Gasteiger partial charge in [-0.2, -0.15) is 10.4 Å². The third kappa shape index (κ3) is 5.04. The lowest BCUT2D eigenvalue weighted by Crippen LogP contribution is -2.52. The van der Waals surface area contributed by atoms with Crippen molar-refractivity contribution in [2.24, 2.45) is 5.92 Å². The van der Waals surface area contributed by atoms with Crippen molar-refractivity contribution >= 4 is 45.5 Å². The van der Waals surface area contributed by atoms with Crippen molar-refractivity contribution in [3.63, 3.8) is 0 Å². The van der Waals surface area contributed by atoms with Crippen LogP contribution in [0.4, 0.5) is 0 Å². The maximum Gasteiger partial charge on any atom is 0.255 e. The van der Waals surface area contributed by atoms with Gasteiger partial charge in [-0.15, -0.1) is 0 Å². The van der Waals surface area contributed by atoms with Gasteiger partial charge in [0.1, 0.15) is 16.9 Å². The van der Waals surface area contributed by atoms with E-state index >= 15 is 0 Å². The van der Waals surface area contributed by atoms with Gasteiger partial charge in [-0.05, 0) is 18.2 Å². The molecular formula is C26H26ClN9O3. The van der Waals surface area contributed by atoms with Gasteiger partial charge in [-0.1, -0.05) is 11.6 Å². The van der Waals surface area contributed by atoms with Crippen molar-refractivity contribution in [3.05, 3.63) is 41.2 Å². The highest BCUT2D eigenvalue weighted by Crippen LogP contribution is 2.30. The molecule has 2 N–H and O–H groups in total. The quantitative estimate of drug-likeness (QED) is 0.355. The van der Waals surface area contributed by atoms with Crippen molar-refractivity contribution in [1.82, 2.24) is 39.8 Å². The largest absolute Gasteiger partial charge is 0.379 e. The number of hydrogen-bond acceptors (Lipinski definition) is 8. The van der Waals surface area contributed by atoms with Crippen LogP contribution < -0.4 is 5.32 Å². The molecule has 0 radical (unpaired) electrons. The first-order valence-electron chi connectivity index (χ1n) is 12.8. The van der Waals surface area contributed by atoms with Crippen molar-refractivity contribution in [1.29, 1.82) is 5.26 Å². The Labute approximate surface area is 228 Å². The zero-order chi connectivity index (χ0) is 26.9. The lowest BCUT2D eigenvalue weighted by Gasteiger charge is -2.35. The molecule has 3 aromatic heterocycles. The normalized spacial score (nSPS) is 16.4. The van der Waals surface area contributed by atoms with E-state index in [2.05, 4.69) is 26.3 Å². The van der Waals surface area contributed by atoms with E-state index in [0.717, 1.165) is 43.8 Å². The van der Waals surface area contributed by atoms with Gasteiger partial charge in [-0.3, -0.25) is 19.2 Å². The molecule has 0 saturated carbocycles. The highest BCUT2D eigenvalue weighted by molar-refractivity contribution is 6.31. The molecule has 0 unspecified atom stereocenters. The van der Waals surface area contributed by atoms with Crippen LogP contribution >= 0.6 is 11.6 Å². The Morgan fingerprint density at radius 2 is 2.05 bits per heavy atom. The Hall–Kier alpha value is -4.05. The SMILES string of the molecule is N#CC1CN(C(=O)CNC(=O)c2c[nH]c3ncc(-c4nn(CCN5CCOCC5)c5cc(Cl)ccc45)nc23)C1. The number of aromatic amines is 1. The maximum absolute atomic E-state index is 12.9. The van der Waals surface area contributed by atoms with Crippen LogP contribution in [0.5, 0.6) is 0 Å². The van der Waals surface area contributed by atoms with Crippen LogP contribution in [0.25, 0.3) is 33.5 Å². The van der Waals surface area contributed by atoms with E-state index in [1.807, 2.05) is 22.9 Å². The summed E-state index contributed by atoms with van der Waals surface area (Å²) >= 11 is 6.33. The molecule has 2 aliphatic rings. The molecule has 13 heteroatoms. The van der Waals surface area contributed by atoms with E-state index in [4.69, 9.17) is 31.7 Å². The average Bonchev–Trinajstić information content (AvgIpc) is 3.51. The first-order chi connectivity index (χ1) is 19.0. The second-order valence-corrected chi connectivity index (χ2v) is 10.1. The van der Waals surface area contributed by atoms with Crippen LogP contribution in [-0.2, 0) is 16.1 Å². The summed E-state index contributed by atoms with van der Waals surface area (Å²) < 4.78 is 7.38. The van der Waals surface area contributed by atoms with Gasteiger partial charge >= 0.3 is 0 Å². The fourth-order valence-corrected chi connectivity index (χ4v) is 5.04. The summed E-state index contributed by atoms with van der Waals surface area (Å²) in [5.41, 5.74) is 3.18. The summed E-state index contributed by atoms with van der Waals surface area (Å²) in [4.78, 5) is 41.3. The van der Waals surface area contributed by atoms with E-state index in [-0.39, 0.29) is 23.9 Å². The Morgan fingerprint density at radius 3 is 2.85 bits per heavy atom. The molecule has 0 aliphatic carbocycles. The number of nitrogens with one attached hydrogen (secondary N) is 2. The summed E-state index contributed by atoms with van der Waals surface area (Å²) in [7, 11) is 0. The van der Waals surface area contributed by atoms with Crippen LogP contribution in [0, 0.1) is 17.2 Å². The number of likely N-dealkylation sites (tertiary alicyclic amines) is 1. The molecule has 0 spiro atoms. The van der Waals surface area contributed by atoms with Crippen molar-refractivity contribution in [2.45, 2.75) is 6.54 Å². The van der Waals surface area contributed by atoms with Gasteiger partial charge in [-0.25, -0.2) is 9.97 Å². The number of fused-ring (bicyclic) bond motifs is 2. The predicted octanol–water partition coefficient (Wildman–Crippen LogP) is 1.67. The van der Waals surface area contributed by atoms with E-state index in [0.29, 0.717) is 47.2 Å². The number of hydrogen-bond donors (Lipinski definition) is 2. The van der Waals surface area contributed by atoms with Crippen LogP contribution in [0.15, 0.2) is 30.6 Å². The molecule has 2 saturated heterocycles. The van der Waals surface area contributed by atoms with Gasteiger partial charge in [0.05, 0.1) is 55.6 Å². The Balaban J connectivity index is 1.24. The number of halogens is 1. The van der Waals surface area contributed by atoms with E-state index in [1.165, 1.54) is 6.20 Å². The molecular weight excluding hydrogens is 522 g/mol. The Kier molecular flexibility index (Phi) is 6.86. The molecule has 2 aliphatic heterocycles. The highest BCUT2D eigenvalue weighted by atomic mass is 35.5. The maximum atomic E-state index is 12.9. The zero-order valence-corrected chi connectivity index (χ0v) is 21.8. The van der Waals surface area contributed by atoms with Crippen LogP contribution in [0.2, 0.25) is 5.02 Å². The average molecular weight is 548 g/mol. The lowest BCUT2D eigenvalue weighted by atomic mass is 10.0. The topological polar surface area (TPSA) is 145 Å². The number of nitrogens with zero attached hydrogens (tertiary/aromatic N) is 7. The summed E-state index contributed by atoms with van der Waals surface area (Å²) in [6.45, 7) is 5.36. The molecule has 2 fully saturated rings. The molecule has 2 amide bonds. The van der Waals surface area contributed by atoms with E-state index in [9.17, 15) is 9.59 Å². The standard InChI is InChI=1S/C26H26ClN9O3/c27-17-1-2-18-21(9-17)36(4-3-34-5-7-39-8-6-34)33-23(18)20-12-30-25-24(32-20)19(11-29-25)26(38)31-13-22(37)35-14-16(10-28)15-35/h1-2,9,11-12,16H,3-8,13-15H2,(H,29,30)(H,31,38). The predicted molar refractivity (Wildman–Crippen MR) is 143 cm³/mol. The first-order valence-corrected chi connectivity index (χ1v) is 13.1. The number of amides is 2. The number of H-pyrrole nitrogens is 1. The minimum absolute atomic E-state index is 0.137. The smallest absolute Gasteiger partial charge is 0.255 e. The number of ether oxygens (including phenoxy) is 1. The molecule has 12 nitrogen and oxygen atoms in total. The van der Waals surface area contributed by atoms with Crippen molar-refractivity contribution in [3.8, 4) is 17.5 Å². The summed E-state index contributed by atoms with van der Waals surface area (Å²) in [5, 5.41) is 17.9. The van der Waals surface area contributed by atoms with Crippen LogP contribution in [0.3, 0.4) is 0 Å². The third-order valence-electron chi connectivity index (χ3n) is 7.13. The van der Waals surface area contributed by atoms with Gasteiger partial charge in [0.2, 0.25) is 5.91 Å². The van der Waals surface area contributed by atoms with Gasteiger partial charge < -0.3 is 19.9 Å². The van der Waals surface area contributed by atoms with Crippen molar-refractivity contribution < 1.29 is 14.3 Å². The Morgan fingerprint density at radius 1 is 1.23 bits per heavy atom. The summed E-state index contributed by atoms with van der Waals surface area (Å²) in [6.07, 6.45) is 3.16. The monoisotopic (exact) mass is 547 g/mol. The minimum atomic E-state index is -0.439. The van der Waals surface area contributed by atoms with Crippen LogP contribution in [-0.4, -0.2) is 98.8 Å². The second kappa shape index (κ2) is 10.6. The number of benzene rings is 1. The zero-order valence-electron chi connectivity index (χ0n) is 21.1. The molecule has 39 heavy (non-hydrogen) atoms. The second-order valence-electron chi connectivity index (χ2n) is 9.65. The molecule has 6 rings (SSSR count). The van der Waals surface area contributed by atoms with Gasteiger partial charge in [0.15, 0.2) is 5.65 Å². The summed E-state index contributed by atoms with van der Waals surface area (Å²) in [6, 6.07) is 7.75. The molecule has 1 aromatic carbocycles. The molecule has 200 valence electrons. The number of morpholine rings is 1. The molecule has 5 heterocycles. The fraction of sp³-hybridized carbons (Fsp3) is 0.385. The first kappa shape index (κ1) is 25.2. The fourth-order valence-electron chi connectivity index (χ4n) is 4.87. The molecule has 4 aromatic rings. The van der Waals surface area contributed by atoms with Gasteiger partial charge in [0, 0.05) is 49.3 Å². The minimum Gasteiger partial charge on any atom is -0.379 e. The van der Waals surface area contributed by atoms with E-state index < -0.39 is 5.91 Å². The molecule has 0 bridgehead atoms. The number of aromatic nitrogens is 5. The van der Waals surface area contributed by atoms with E-state index in [1.54, 1.807) is 11.1 Å². The number of carbonyl (C=O) groups excluding carboxylic acids is 2. The number of rotatable bonds is 7.